The van der Waals surface area contributed by atoms with Gasteiger partial charge in [0.15, 0.2) is 0 Å². The first kappa shape index (κ1) is 16.8. The quantitative estimate of drug-likeness (QED) is 0.762. The third kappa shape index (κ3) is 2.73. The van der Waals surface area contributed by atoms with Crippen LogP contribution in [0.5, 0.6) is 0 Å². The molecule has 2 saturated heterocycles. The van der Waals surface area contributed by atoms with E-state index >= 15 is 0 Å². The van der Waals surface area contributed by atoms with Crippen LogP contribution in [0.4, 0.5) is 5.69 Å². The molecule has 136 valence electrons. The second-order valence-corrected chi connectivity index (χ2v) is 9.31. The number of sulfonamides is 1. The Balaban J connectivity index is 1.74. The van der Waals surface area contributed by atoms with E-state index in [0.29, 0.717) is 17.1 Å². The van der Waals surface area contributed by atoms with Crippen LogP contribution in [0.1, 0.15) is 32.1 Å². The van der Waals surface area contributed by atoms with Crippen LogP contribution in [0.25, 0.3) is 0 Å². The van der Waals surface area contributed by atoms with Crippen LogP contribution in [-0.2, 0) is 14.8 Å². The molecule has 25 heavy (non-hydrogen) atoms. The van der Waals surface area contributed by atoms with E-state index in [1.54, 1.807) is 19.2 Å². The molecule has 0 radical (unpaired) electrons. The maximum absolute atomic E-state index is 13.1. The summed E-state index contributed by atoms with van der Waals surface area (Å²) < 4.78 is 27.1. The smallest absolute Gasteiger partial charge is 0.245 e. The molecule has 2 fully saturated rings. The molecule has 1 amide bonds. The average Bonchev–Trinajstić information content (AvgIpc) is 3.01. The number of anilines is 1. The number of likely N-dealkylation sites (tertiary alicyclic amines) is 1. The first-order chi connectivity index (χ1) is 12.0. The van der Waals surface area contributed by atoms with E-state index in [9.17, 15) is 13.2 Å². The first-order valence-corrected chi connectivity index (χ1v) is 10.6. The number of amides is 1. The van der Waals surface area contributed by atoms with Crippen molar-refractivity contribution in [2.24, 2.45) is 0 Å². The van der Waals surface area contributed by atoms with Gasteiger partial charge in [0.25, 0.3) is 0 Å². The summed E-state index contributed by atoms with van der Waals surface area (Å²) in [6.07, 6.45) is 4.96. The Morgan fingerprint density at radius 3 is 2.56 bits per heavy atom. The molecule has 0 saturated carbocycles. The van der Waals surface area contributed by atoms with Crippen molar-refractivity contribution in [1.29, 1.82) is 0 Å². The highest BCUT2D eigenvalue weighted by atomic mass is 32.2. The van der Waals surface area contributed by atoms with Crippen molar-refractivity contribution in [2.45, 2.75) is 49.1 Å². The fourth-order valence-corrected chi connectivity index (χ4v) is 5.84. The number of para-hydroxylation sites is 1. The van der Waals surface area contributed by atoms with E-state index < -0.39 is 10.0 Å². The van der Waals surface area contributed by atoms with Gasteiger partial charge >= 0.3 is 0 Å². The van der Waals surface area contributed by atoms with Crippen molar-refractivity contribution in [2.75, 3.05) is 31.6 Å². The first-order valence-electron chi connectivity index (χ1n) is 9.12. The molecule has 3 heterocycles. The zero-order valence-electron chi connectivity index (χ0n) is 14.6. The molecular weight excluding hydrogens is 338 g/mol. The van der Waals surface area contributed by atoms with E-state index in [1.807, 2.05) is 17.0 Å². The number of carbonyl (C=O) groups excluding carboxylic acids is 1. The van der Waals surface area contributed by atoms with E-state index in [1.165, 1.54) is 10.7 Å². The molecule has 6 nitrogen and oxygen atoms in total. The van der Waals surface area contributed by atoms with Crippen LogP contribution in [0.2, 0.25) is 0 Å². The number of fused-ring (bicyclic) bond motifs is 3. The van der Waals surface area contributed by atoms with Gasteiger partial charge in [-0.1, -0.05) is 12.1 Å². The Morgan fingerprint density at radius 1 is 1.08 bits per heavy atom. The van der Waals surface area contributed by atoms with Gasteiger partial charge < -0.3 is 9.80 Å². The van der Waals surface area contributed by atoms with Crippen molar-refractivity contribution in [1.82, 2.24) is 9.21 Å². The SMILES string of the molecule is CN1C[C@@H]2CC[C@@H](C(=O)N3CCCCC3)N2c2ccccc2S1(=O)=O. The lowest BCUT2D eigenvalue weighted by atomic mass is 10.1. The minimum atomic E-state index is -3.51. The zero-order chi connectivity index (χ0) is 17.6. The van der Waals surface area contributed by atoms with E-state index in [-0.39, 0.29) is 18.0 Å². The second-order valence-electron chi connectivity index (χ2n) is 7.29. The summed E-state index contributed by atoms with van der Waals surface area (Å²) in [7, 11) is -1.87. The number of hydrogen-bond donors (Lipinski definition) is 0. The predicted molar refractivity (Wildman–Crippen MR) is 96.0 cm³/mol. The Kier molecular flexibility index (Phi) is 4.24. The molecule has 0 N–H and O–H groups in total. The molecule has 1 aromatic rings. The lowest BCUT2D eigenvalue weighted by molar-refractivity contribution is -0.133. The Morgan fingerprint density at radius 2 is 1.80 bits per heavy atom. The zero-order valence-corrected chi connectivity index (χ0v) is 15.4. The molecule has 2 atom stereocenters. The van der Waals surface area contributed by atoms with E-state index in [0.717, 1.165) is 38.8 Å². The highest BCUT2D eigenvalue weighted by Gasteiger charge is 2.45. The summed E-state index contributed by atoms with van der Waals surface area (Å²) >= 11 is 0. The number of carbonyl (C=O) groups is 1. The summed E-state index contributed by atoms with van der Waals surface area (Å²) in [5, 5.41) is 0. The normalized spacial score (nSPS) is 29.0. The van der Waals surface area contributed by atoms with Crippen molar-refractivity contribution in [3.63, 3.8) is 0 Å². The largest absolute Gasteiger partial charge is 0.354 e. The Bertz CT molecular complexity index is 774. The molecule has 7 heteroatoms. The fraction of sp³-hybridized carbons (Fsp3) is 0.611. The maximum Gasteiger partial charge on any atom is 0.245 e. The van der Waals surface area contributed by atoms with E-state index in [2.05, 4.69) is 4.90 Å². The van der Waals surface area contributed by atoms with Crippen molar-refractivity contribution in [3.8, 4) is 0 Å². The number of nitrogens with zero attached hydrogens (tertiary/aromatic N) is 3. The number of hydrogen-bond acceptors (Lipinski definition) is 4. The lowest BCUT2D eigenvalue weighted by Crippen LogP contribution is -2.50. The van der Waals surface area contributed by atoms with Crippen LogP contribution in [0, 0.1) is 0 Å². The maximum atomic E-state index is 13.1. The minimum Gasteiger partial charge on any atom is -0.354 e. The molecule has 0 aliphatic carbocycles. The van der Waals surface area contributed by atoms with Crippen LogP contribution in [0.15, 0.2) is 29.2 Å². The minimum absolute atomic E-state index is 0.0576. The fourth-order valence-electron chi connectivity index (χ4n) is 4.45. The number of rotatable bonds is 1. The number of piperidine rings is 1. The lowest BCUT2D eigenvalue weighted by Gasteiger charge is -2.35. The molecule has 1 aromatic carbocycles. The number of likely N-dealkylation sites (N-methyl/N-ethyl adjacent to an activating group) is 1. The van der Waals surface area contributed by atoms with Crippen LogP contribution < -0.4 is 4.90 Å². The summed E-state index contributed by atoms with van der Waals surface area (Å²) in [6.45, 7) is 2.09. The van der Waals surface area contributed by atoms with Gasteiger partial charge in [0.2, 0.25) is 15.9 Å². The molecule has 0 aromatic heterocycles. The monoisotopic (exact) mass is 363 g/mol. The second kappa shape index (κ2) is 6.29. The highest BCUT2D eigenvalue weighted by Crippen LogP contribution is 2.39. The summed E-state index contributed by atoms with van der Waals surface area (Å²) in [6, 6.07) is 6.93. The standard InChI is InChI=1S/C18H25N3O3S/c1-19-13-14-9-10-16(18(22)20-11-5-2-6-12-20)21(14)15-7-3-4-8-17(15)25(19,23)24/h3-4,7-8,14,16H,2,5-6,9-13H2,1H3/t14-,16-/m0/s1. The topological polar surface area (TPSA) is 60.9 Å². The van der Waals surface area contributed by atoms with Crippen LogP contribution in [0.3, 0.4) is 0 Å². The van der Waals surface area contributed by atoms with Gasteiger partial charge in [0.1, 0.15) is 10.9 Å². The van der Waals surface area contributed by atoms with Gasteiger partial charge in [-0.25, -0.2) is 8.42 Å². The molecule has 0 spiro atoms. The Labute approximate surface area is 149 Å². The van der Waals surface area contributed by atoms with Crippen LogP contribution >= 0.6 is 0 Å². The molecule has 3 aliphatic rings. The van der Waals surface area contributed by atoms with Crippen molar-refractivity contribution >= 4 is 21.6 Å². The third-order valence-corrected chi connectivity index (χ3v) is 7.63. The van der Waals surface area contributed by atoms with Crippen molar-refractivity contribution in [3.05, 3.63) is 24.3 Å². The Hall–Kier alpha value is -1.60. The summed E-state index contributed by atoms with van der Waals surface area (Å²) in [5.41, 5.74) is 0.685. The number of benzene rings is 1. The molecule has 0 bridgehead atoms. The van der Waals surface area contributed by atoms with Gasteiger partial charge in [-0.3, -0.25) is 4.79 Å². The van der Waals surface area contributed by atoms with Crippen molar-refractivity contribution < 1.29 is 13.2 Å². The molecule has 0 unspecified atom stereocenters. The molecule has 4 rings (SSSR count). The van der Waals surface area contributed by atoms with Gasteiger partial charge in [-0.05, 0) is 44.2 Å². The van der Waals surface area contributed by atoms with Gasteiger partial charge in [-0.15, -0.1) is 0 Å². The predicted octanol–water partition coefficient (Wildman–Crippen LogP) is 1.67. The van der Waals surface area contributed by atoms with Gasteiger partial charge in [0.05, 0.1) is 5.69 Å². The van der Waals surface area contributed by atoms with Crippen LogP contribution in [-0.4, -0.2) is 62.3 Å². The van der Waals surface area contributed by atoms with Gasteiger partial charge in [-0.2, -0.15) is 4.31 Å². The molecular formula is C18H25N3O3S. The van der Waals surface area contributed by atoms with Gasteiger partial charge in [0, 0.05) is 32.7 Å². The highest BCUT2D eigenvalue weighted by molar-refractivity contribution is 7.89. The van der Waals surface area contributed by atoms with E-state index in [4.69, 9.17) is 0 Å². The summed E-state index contributed by atoms with van der Waals surface area (Å²) in [4.78, 5) is 17.5. The average molecular weight is 363 g/mol. The molecule has 3 aliphatic heterocycles. The third-order valence-electron chi connectivity index (χ3n) is 5.75. The summed E-state index contributed by atoms with van der Waals surface area (Å²) in [5.74, 6) is 0.166.